The monoisotopic (exact) mass is 176 g/mol. The molecule has 70 valence electrons. The molecule has 0 bridgehead atoms. The molecule has 2 atom stereocenters. The van der Waals surface area contributed by atoms with E-state index >= 15 is 0 Å². The quantitative estimate of drug-likeness (QED) is 0.519. The number of carbonyl (C=O) groups is 1. The largest absolute Gasteiger partial charge is 0.295 e. The minimum absolute atomic E-state index is 0.0926. The molecular formula is C12H16O. The highest BCUT2D eigenvalue weighted by Crippen LogP contribution is 2.48. The summed E-state index contributed by atoms with van der Waals surface area (Å²) in [6.45, 7) is 4.43. The third-order valence-electron chi connectivity index (χ3n) is 3.70. The first-order valence-corrected chi connectivity index (χ1v) is 5.04. The number of hydrogen-bond acceptors (Lipinski definition) is 1. The average Bonchev–Trinajstić information content (AvgIpc) is 2.46. The number of rotatable bonds is 0. The Morgan fingerprint density at radius 2 is 2.31 bits per heavy atom. The highest BCUT2D eigenvalue weighted by atomic mass is 16.1. The second-order valence-electron chi connectivity index (χ2n) is 4.38. The first-order valence-electron chi connectivity index (χ1n) is 5.04. The van der Waals surface area contributed by atoms with E-state index in [1.807, 2.05) is 0 Å². The van der Waals surface area contributed by atoms with Crippen LogP contribution >= 0.6 is 0 Å². The summed E-state index contributed by atoms with van der Waals surface area (Å²) >= 11 is 0. The zero-order valence-corrected chi connectivity index (χ0v) is 8.34. The molecule has 0 saturated carbocycles. The van der Waals surface area contributed by atoms with Gasteiger partial charge in [-0.05, 0) is 31.8 Å². The second kappa shape index (κ2) is 2.83. The summed E-state index contributed by atoms with van der Waals surface area (Å²) in [5, 5.41) is 0. The number of ketones is 1. The van der Waals surface area contributed by atoms with Gasteiger partial charge in [0.1, 0.15) is 0 Å². The molecule has 0 saturated heterocycles. The van der Waals surface area contributed by atoms with Crippen LogP contribution in [0, 0.1) is 11.3 Å². The maximum atomic E-state index is 11.3. The predicted molar refractivity (Wildman–Crippen MR) is 53.4 cm³/mol. The summed E-state index contributed by atoms with van der Waals surface area (Å²) in [5.74, 6) is 0.918. The van der Waals surface area contributed by atoms with Crippen molar-refractivity contribution in [2.24, 2.45) is 11.3 Å². The Hall–Kier alpha value is -0.850. The van der Waals surface area contributed by atoms with Crippen molar-refractivity contribution >= 4 is 5.78 Å². The molecule has 2 rings (SSSR count). The highest BCUT2D eigenvalue weighted by molar-refractivity contribution is 5.93. The molecule has 0 N–H and O–H groups in total. The predicted octanol–water partition coefficient (Wildman–Crippen LogP) is 2.88. The normalized spacial score (nSPS) is 38.5. The van der Waals surface area contributed by atoms with Gasteiger partial charge in [-0.2, -0.15) is 0 Å². The molecule has 0 aliphatic heterocycles. The molecule has 0 aromatic rings. The van der Waals surface area contributed by atoms with Gasteiger partial charge in [0, 0.05) is 11.8 Å². The molecular weight excluding hydrogens is 160 g/mol. The van der Waals surface area contributed by atoms with Gasteiger partial charge in [0.05, 0.1) is 0 Å². The molecule has 0 unspecified atom stereocenters. The van der Waals surface area contributed by atoms with Crippen molar-refractivity contribution in [3.63, 3.8) is 0 Å². The minimum atomic E-state index is 0.0926. The SMILES string of the molecule is CC1=CCC[C@H](C)[C@]12C=CC(=O)C2. The molecule has 0 heterocycles. The van der Waals surface area contributed by atoms with E-state index in [1.54, 1.807) is 6.08 Å². The van der Waals surface area contributed by atoms with Crippen molar-refractivity contribution in [1.29, 1.82) is 0 Å². The Labute approximate surface area is 79.5 Å². The Bertz CT molecular complexity index is 298. The summed E-state index contributed by atoms with van der Waals surface area (Å²) in [5.41, 5.74) is 1.49. The van der Waals surface area contributed by atoms with Gasteiger partial charge in [-0.3, -0.25) is 4.79 Å². The minimum Gasteiger partial charge on any atom is -0.295 e. The van der Waals surface area contributed by atoms with E-state index in [4.69, 9.17) is 0 Å². The van der Waals surface area contributed by atoms with Crippen LogP contribution in [0.25, 0.3) is 0 Å². The van der Waals surface area contributed by atoms with E-state index in [0.717, 1.165) is 0 Å². The van der Waals surface area contributed by atoms with Crippen molar-refractivity contribution in [3.8, 4) is 0 Å². The molecule has 0 aromatic heterocycles. The molecule has 0 radical (unpaired) electrons. The lowest BCUT2D eigenvalue weighted by molar-refractivity contribution is -0.115. The van der Waals surface area contributed by atoms with E-state index in [9.17, 15) is 4.79 Å². The molecule has 1 heteroatoms. The van der Waals surface area contributed by atoms with Crippen LogP contribution in [0.15, 0.2) is 23.8 Å². The van der Waals surface area contributed by atoms with Crippen LogP contribution in [-0.4, -0.2) is 5.78 Å². The van der Waals surface area contributed by atoms with Crippen molar-refractivity contribution in [2.45, 2.75) is 33.1 Å². The highest BCUT2D eigenvalue weighted by Gasteiger charge is 2.41. The van der Waals surface area contributed by atoms with E-state index < -0.39 is 0 Å². The lowest BCUT2D eigenvalue weighted by Gasteiger charge is -2.38. The first-order chi connectivity index (χ1) is 6.15. The van der Waals surface area contributed by atoms with Crippen LogP contribution in [0.2, 0.25) is 0 Å². The van der Waals surface area contributed by atoms with Gasteiger partial charge >= 0.3 is 0 Å². The molecule has 2 aliphatic carbocycles. The fourth-order valence-corrected chi connectivity index (χ4v) is 2.64. The van der Waals surface area contributed by atoms with Crippen LogP contribution in [0.5, 0.6) is 0 Å². The fourth-order valence-electron chi connectivity index (χ4n) is 2.64. The van der Waals surface area contributed by atoms with Gasteiger partial charge in [-0.1, -0.05) is 24.6 Å². The van der Waals surface area contributed by atoms with Crippen LogP contribution in [0.3, 0.4) is 0 Å². The Morgan fingerprint density at radius 3 is 2.85 bits per heavy atom. The average molecular weight is 176 g/mol. The maximum Gasteiger partial charge on any atom is 0.156 e. The zero-order chi connectivity index (χ0) is 9.47. The Morgan fingerprint density at radius 1 is 1.54 bits per heavy atom. The zero-order valence-electron chi connectivity index (χ0n) is 8.34. The summed E-state index contributed by atoms with van der Waals surface area (Å²) in [4.78, 5) is 11.3. The van der Waals surface area contributed by atoms with E-state index in [1.165, 1.54) is 18.4 Å². The maximum absolute atomic E-state index is 11.3. The molecule has 0 amide bonds. The molecule has 1 nitrogen and oxygen atoms in total. The van der Waals surface area contributed by atoms with Gasteiger partial charge in [0.25, 0.3) is 0 Å². The summed E-state index contributed by atoms with van der Waals surface area (Å²) < 4.78 is 0. The van der Waals surface area contributed by atoms with Crippen LogP contribution in [0.1, 0.15) is 33.1 Å². The Kier molecular flexibility index (Phi) is 1.90. The molecule has 13 heavy (non-hydrogen) atoms. The van der Waals surface area contributed by atoms with E-state index in [2.05, 4.69) is 26.0 Å². The van der Waals surface area contributed by atoms with Gasteiger partial charge in [0.15, 0.2) is 5.78 Å². The number of allylic oxidation sites excluding steroid dienone is 4. The lowest BCUT2D eigenvalue weighted by atomic mass is 9.66. The summed E-state index contributed by atoms with van der Waals surface area (Å²) in [6.07, 6.45) is 9.29. The fraction of sp³-hybridized carbons (Fsp3) is 0.583. The van der Waals surface area contributed by atoms with Crippen LogP contribution in [0.4, 0.5) is 0 Å². The van der Waals surface area contributed by atoms with Crippen molar-refractivity contribution in [1.82, 2.24) is 0 Å². The third-order valence-corrected chi connectivity index (χ3v) is 3.70. The lowest BCUT2D eigenvalue weighted by Crippen LogP contribution is -2.29. The molecule has 0 aromatic carbocycles. The number of hydrogen-bond donors (Lipinski definition) is 0. The third kappa shape index (κ3) is 1.18. The Balaban J connectivity index is 2.39. The standard InChI is InChI=1S/C12H16O/c1-9-4-3-5-10(2)12(9)7-6-11(13)8-12/h4,6-7,10H,3,5,8H2,1-2H3/t10-,12-/m0/s1. The number of carbonyl (C=O) groups excluding carboxylic acids is 1. The van der Waals surface area contributed by atoms with Gasteiger partial charge in [-0.15, -0.1) is 0 Å². The van der Waals surface area contributed by atoms with Gasteiger partial charge in [-0.25, -0.2) is 0 Å². The topological polar surface area (TPSA) is 17.1 Å². The van der Waals surface area contributed by atoms with E-state index in [0.29, 0.717) is 18.1 Å². The first kappa shape index (κ1) is 8.74. The molecule has 1 spiro atoms. The second-order valence-corrected chi connectivity index (χ2v) is 4.38. The summed E-state index contributed by atoms with van der Waals surface area (Å²) in [6, 6.07) is 0. The molecule has 0 fully saturated rings. The van der Waals surface area contributed by atoms with Crippen molar-refractivity contribution in [2.75, 3.05) is 0 Å². The van der Waals surface area contributed by atoms with E-state index in [-0.39, 0.29) is 5.41 Å². The van der Waals surface area contributed by atoms with Gasteiger partial charge in [0.2, 0.25) is 0 Å². The van der Waals surface area contributed by atoms with Crippen molar-refractivity contribution < 1.29 is 4.79 Å². The van der Waals surface area contributed by atoms with Crippen LogP contribution in [-0.2, 0) is 4.79 Å². The smallest absolute Gasteiger partial charge is 0.156 e. The molecule has 2 aliphatic rings. The van der Waals surface area contributed by atoms with Crippen molar-refractivity contribution in [3.05, 3.63) is 23.8 Å². The summed E-state index contributed by atoms with van der Waals surface area (Å²) in [7, 11) is 0. The van der Waals surface area contributed by atoms with Crippen LogP contribution < -0.4 is 0 Å². The van der Waals surface area contributed by atoms with Gasteiger partial charge < -0.3 is 0 Å².